The fourth-order valence-electron chi connectivity index (χ4n) is 3.47. The minimum absolute atomic E-state index is 0.0296. The van der Waals surface area contributed by atoms with Crippen molar-refractivity contribution >= 4 is 33.2 Å². The maximum absolute atomic E-state index is 12.6. The van der Waals surface area contributed by atoms with E-state index in [2.05, 4.69) is 6.07 Å². The zero-order valence-corrected chi connectivity index (χ0v) is 13.3. The first-order chi connectivity index (χ1) is 11.1. The molecule has 2 aromatic heterocycles. The van der Waals surface area contributed by atoms with Crippen LogP contribution in [0.2, 0.25) is 0 Å². The standard InChI is InChI=1S/C16H15N3O3S/c17-10-16(9-15(21)18-2-4-22-5-3-18)8-13(20)12-7-14-11(19(12)16)1-6-23-14/h1,6-7H,2-5,8-9H2/t16-/m1/s1. The van der Waals surface area contributed by atoms with E-state index in [1.807, 2.05) is 17.5 Å². The highest BCUT2D eigenvalue weighted by molar-refractivity contribution is 7.17. The Hall–Kier alpha value is -2.17. The van der Waals surface area contributed by atoms with Gasteiger partial charge in [0.2, 0.25) is 5.91 Å². The number of amides is 1. The van der Waals surface area contributed by atoms with Crippen molar-refractivity contribution in [2.45, 2.75) is 18.4 Å². The van der Waals surface area contributed by atoms with Gasteiger partial charge in [-0.1, -0.05) is 0 Å². The summed E-state index contributed by atoms with van der Waals surface area (Å²) >= 11 is 1.54. The Kier molecular flexibility index (Phi) is 3.25. The molecule has 1 amide bonds. The first-order valence-corrected chi connectivity index (χ1v) is 8.42. The van der Waals surface area contributed by atoms with Gasteiger partial charge in [0.1, 0.15) is 5.54 Å². The van der Waals surface area contributed by atoms with E-state index in [9.17, 15) is 14.9 Å². The summed E-state index contributed by atoms with van der Waals surface area (Å²) < 4.78 is 8.02. The van der Waals surface area contributed by atoms with Crippen molar-refractivity contribution in [1.29, 1.82) is 5.26 Å². The highest BCUT2D eigenvalue weighted by Gasteiger charge is 2.47. The third kappa shape index (κ3) is 2.10. The summed E-state index contributed by atoms with van der Waals surface area (Å²) in [5.41, 5.74) is 0.306. The van der Waals surface area contributed by atoms with Gasteiger partial charge >= 0.3 is 0 Å². The van der Waals surface area contributed by atoms with E-state index in [0.717, 1.165) is 10.2 Å². The van der Waals surface area contributed by atoms with Gasteiger partial charge in [0.25, 0.3) is 0 Å². The number of carbonyl (C=O) groups is 2. The monoisotopic (exact) mass is 329 g/mol. The summed E-state index contributed by atoms with van der Waals surface area (Å²) in [5.74, 6) is -0.155. The number of hydrogen-bond acceptors (Lipinski definition) is 5. The van der Waals surface area contributed by atoms with Crippen LogP contribution in [-0.4, -0.2) is 47.5 Å². The number of ketones is 1. The van der Waals surface area contributed by atoms with Gasteiger partial charge in [0, 0.05) is 13.1 Å². The van der Waals surface area contributed by atoms with Crippen molar-refractivity contribution in [3.63, 3.8) is 0 Å². The zero-order chi connectivity index (χ0) is 16.0. The molecule has 1 atom stereocenters. The number of nitrogens with zero attached hydrogens (tertiary/aromatic N) is 3. The molecule has 6 nitrogen and oxygen atoms in total. The van der Waals surface area contributed by atoms with Gasteiger partial charge in [-0.25, -0.2) is 0 Å². The van der Waals surface area contributed by atoms with Crippen LogP contribution in [-0.2, 0) is 15.1 Å². The van der Waals surface area contributed by atoms with Crippen molar-refractivity contribution in [1.82, 2.24) is 9.47 Å². The molecule has 1 saturated heterocycles. The molecule has 0 saturated carbocycles. The Balaban J connectivity index is 1.72. The fourth-order valence-corrected chi connectivity index (χ4v) is 4.28. The molecule has 0 spiro atoms. The predicted octanol–water partition coefficient (Wildman–Crippen LogP) is 1.76. The van der Waals surface area contributed by atoms with Crippen molar-refractivity contribution in [2.24, 2.45) is 0 Å². The van der Waals surface area contributed by atoms with Crippen LogP contribution < -0.4 is 0 Å². The fraction of sp³-hybridized carbons (Fsp3) is 0.438. The number of fused-ring (bicyclic) bond motifs is 3. The number of hydrogen-bond donors (Lipinski definition) is 0. The summed E-state index contributed by atoms with van der Waals surface area (Å²) in [4.78, 5) is 26.7. The Labute approximate surface area is 136 Å². The van der Waals surface area contributed by atoms with E-state index in [4.69, 9.17) is 4.74 Å². The molecule has 2 aromatic rings. The quantitative estimate of drug-likeness (QED) is 0.841. The summed E-state index contributed by atoms with van der Waals surface area (Å²) in [5, 5.41) is 11.8. The minimum Gasteiger partial charge on any atom is -0.378 e. The van der Waals surface area contributed by atoms with Gasteiger partial charge in [-0.2, -0.15) is 5.26 Å². The van der Waals surface area contributed by atoms with Crippen LogP contribution in [0.1, 0.15) is 23.3 Å². The molecule has 118 valence electrons. The number of aromatic nitrogens is 1. The van der Waals surface area contributed by atoms with E-state index in [1.165, 1.54) is 11.3 Å². The second-order valence-corrected chi connectivity index (χ2v) is 6.90. The summed E-state index contributed by atoms with van der Waals surface area (Å²) in [7, 11) is 0. The average molecular weight is 329 g/mol. The number of morpholine rings is 1. The van der Waals surface area contributed by atoms with Crippen LogP contribution in [0.3, 0.4) is 0 Å². The zero-order valence-electron chi connectivity index (χ0n) is 12.4. The Morgan fingerprint density at radius 1 is 1.43 bits per heavy atom. The molecule has 0 radical (unpaired) electrons. The first-order valence-electron chi connectivity index (χ1n) is 7.54. The van der Waals surface area contributed by atoms with Gasteiger partial charge in [-0.05, 0) is 17.5 Å². The number of nitriles is 1. The van der Waals surface area contributed by atoms with Gasteiger partial charge < -0.3 is 14.2 Å². The van der Waals surface area contributed by atoms with E-state index >= 15 is 0 Å². The van der Waals surface area contributed by atoms with Crippen LogP contribution in [0, 0.1) is 11.3 Å². The van der Waals surface area contributed by atoms with E-state index in [-0.39, 0.29) is 24.5 Å². The van der Waals surface area contributed by atoms with Crippen LogP contribution in [0.5, 0.6) is 0 Å². The van der Waals surface area contributed by atoms with Crippen molar-refractivity contribution in [2.75, 3.05) is 26.3 Å². The third-order valence-electron chi connectivity index (χ3n) is 4.61. The maximum atomic E-state index is 12.6. The van der Waals surface area contributed by atoms with Crippen LogP contribution in [0.15, 0.2) is 17.5 Å². The minimum atomic E-state index is -1.11. The second kappa shape index (κ2) is 5.18. The molecule has 2 aliphatic rings. The van der Waals surface area contributed by atoms with E-state index in [0.29, 0.717) is 32.0 Å². The first kappa shape index (κ1) is 14.4. The molecule has 0 aromatic carbocycles. The molecule has 2 aliphatic heterocycles. The lowest BCUT2D eigenvalue weighted by molar-refractivity contribution is -0.136. The highest BCUT2D eigenvalue weighted by Crippen LogP contribution is 2.41. The number of Topliss-reactive ketones (excluding diaryl/α,β-unsaturated/α-hetero) is 1. The van der Waals surface area contributed by atoms with E-state index < -0.39 is 5.54 Å². The molecule has 4 heterocycles. The highest BCUT2D eigenvalue weighted by atomic mass is 32.1. The molecule has 0 N–H and O–H groups in total. The maximum Gasteiger partial charge on any atom is 0.226 e. The SMILES string of the molecule is N#C[C@]1(CC(=O)N2CCOCC2)CC(=O)c2cc3sccc3n21. The largest absolute Gasteiger partial charge is 0.378 e. The van der Waals surface area contributed by atoms with Gasteiger partial charge in [-0.3, -0.25) is 9.59 Å². The third-order valence-corrected chi connectivity index (χ3v) is 5.46. The molecule has 0 bridgehead atoms. The topological polar surface area (TPSA) is 75.3 Å². The van der Waals surface area contributed by atoms with Crippen LogP contribution in [0.4, 0.5) is 0 Å². The van der Waals surface area contributed by atoms with Crippen molar-refractivity contribution in [3.05, 3.63) is 23.2 Å². The van der Waals surface area contributed by atoms with E-state index in [1.54, 1.807) is 9.47 Å². The lowest BCUT2D eigenvalue weighted by Crippen LogP contribution is -2.44. The summed E-state index contributed by atoms with van der Waals surface area (Å²) in [6, 6.07) is 6.01. The number of ether oxygens (including phenoxy) is 1. The predicted molar refractivity (Wildman–Crippen MR) is 84.4 cm³/mol. The molecule has 4 rings (SSSR count). The molecule has 0 aliphatic carbocycles. The number of carbonyl (C=O) groups excluding carboxylic acids is 2. The second-order valence-electron chi connectivity index (χ2n) is 5.95. The van der Waals surface area contributed by atoms with Gasteiger partial charge in [-0.15, -0.1) is 11.3 Å². The number of rotatable bonds is 2. The van der Waals surface area contributed by atoms with Crippen LogP contribution >= 0.6 is 11.3 Å². The summed E-state index contributed by atoms with van der Waals surface area (Å²) in [6.45, 7) is 2.13. The average Bonchev–Trinajstić information content (AvgIpc) is 3.21. The molecular weight excluding hydrogens is 314 g/mol. The summed E-state index contributed by atoms with van der Waals surface area (Å²) in [6.07, 6.45) is 0.0998. The van der Waals surface area contributed by atoms with Gasteiger partial charge in [0.05, 0.1) is 48.0 Å². The normalized spacial score (nSPS) is 24.0. The molecule has 23 heavy (non-hydrogen) atoms. The molecule has 1 fully saturated rings. The molecule has 0 unspecified atom stereocenters. The Morgan fingerprint density at radius 2 is 2.22 bits per heavy atom. The van der Waals surface area contributed by atoms with Crippen LogP contribution in [0.25, 0.3) is 10.2 Å². The lowest BCUT2D eigenvalue weighted by Gasteiger charge is -2.30. The van der Waals surface area contributed by atoms with Crippen molar-refractivity contribution < 1.29 is 14.3 Å². The molecule has 7 heteroatoms. The van der Waals surface area contributed by atoms with Crippen molar-refractivity contribution in [3.8, 4) is 6.07 Å². The Morgan fingerprint density at radius 3 is 2.96 bits per heavy atom. The Bertz CT molecular complexity index is 840. The molecular formula is C16H15N3O3S. The van der Waals surface area contributed by atoms with Gasteiger partial charge in [0.15, 0.2) is 5.78 Å². The number of thiophene rings is 1. The lowest BCUT2D eigenvalue weighted by atomic mass is 9.92. The smallest absolute Gasteiger partial charge is 0.226 e.